The van der Waals surface area contributed by atoms with Crippen LogP contribution in [0, 0.1) is 0 Å². The second-order valence-corrected chi connectivity index (χ2v) is 4.68. The molecule has 82 valence electrons. The van der Waals surface area contributed by atoms with Crippen molar-refractivity contribution in [2.75, 3.05) is 46.3 Å². The van der Waals surface area contributed by atoms with Gasteiger partial charge in [0.05, 0.1) is 0 Å². The normalized spacial score (nSPS) is 19.6. The standard InChI is InChI=1S/C9H18IN3O/c1-12-5-7-13(8-6-12)4-2-3-11-9(10)14/h2-8H2,1H3,(H,11,14). The average Bonchev–Trinajstić information content (AvgIpc) is 2.15. The van der Waals surface area contributed by atoms with Gasteiger partial charge in [-0.1, -0.05) is 0 Å². The van der Waals surface area contributed by atoms with E-state index in [1.165, 1.54) is 13.1 Å². The number of rotatable bonds is 4. The van der Waals surface area contributed by atoms with Gasteiger partial charge in [0.15, 0.2) is 0 Å². The molecule has 0 aromatic heterocycles. The van der Waals surface area contributed by atoms with E-state index in [2.05, 4.69) is 22.2 Å². The average molecular weight is 311 g/mol. The van der Waals surface area contributed by atoms with Crippen LogP contribution in [0.5, 0.6) is 0 Å². The molecule has 0 aromatic rings. The number of nitrogens with one attached hydrogen (secondary N) is 1. The summed E-state index contributed by atoms with van der Waals surface area (Å²) in [6.45, 7) is 6.56. The van der Waals surface area contributed by atoms with Crippen molar-refractivity contribution in [2.45, 2.75) is 6.42 Å². The third-order valence-electron chi connectivity index (χ3n) is 2.51. The van der Waals surface area contributed by atoms with Gasteiger partial charge in [0, 0.05) is 55.3 Å². The van der Waals surface area contributed by atoms with Crippen LogP contribution in [0.1, 0.15) is 6.42 Å². The fourth-order valence-electron chi connectivity index (χ4n) is 1.56. The Morgan fingerprint density at radius 1 is 1.36 bits per heavy atom. The van der Waals surface area contributed by atoms with Crippen molar-refractivity contribution in [2.24, 2.45) is 0 Å². The zero-order chi connectivity index (χ0) is 10.4. The monoisotopic (exact) mass is 311 g/mol. The van der Waals surface area contributed by atoms with E-state index in [1.54, 1.807) is 22.6 Å². The molecule has 0 aliphatic carbocycles. The second-order valence-electron chi connectivity index (χ2n) is 3.70. The molecule has 1 aliphatic rings. The fraction of sp³-hybridized carbons (Fsp3) is 0.889. The Morgan fingerprint density at radius 3 is 2.57 bits per heavy atom. The largest absolute Gasteiger partial charge is 0.347 e. The summed E-state index contributed by atoms with van der Waals surface area (Å²) < 4.78 is 0.0426. The van der Waals surface area contributed by atoms with Crippen LogP contribution in [0.3, 0.4) is 0 Å². The van der Waals surface area contributed by atoms with Crippen molar-refractivity contribution < 1.29 is 4.79 Å². The van der Waals surface area contributed by atoms with Gasteiger partial charge in [-0.15, -0.1) is 0 Å². The Kier molecular flexibility index (Phi) is 5.73. The van der Waals surface area contributed by atoms with E-state index in [0.717, 1.165) is 32.6 Å². The summed E-state index contributed by atoms with van der Waals surface area (Å²) in [5.41, 5.74) is 0. The molecule has 14 heavy (non-hydrogen) atoms. The molecule has 1 aliphatic heterocycles. The van der Waals surface area contributed by atoms with Crippen molar-refractivity contribution in [1.82, 2.24) is 15.1 Å². The van der Waals surface area contributed by atoms with Gasteiger partial charge in [-0.05, 0) is 20.0 Å². The lowest BCUT2D eigenvalue weighted by Gasteiger charge is -2.32. The van der Waals surface area contributed by atoms with E-state index in [-0.39, 0.29) is 3.91 Å². The number of halogens is 1. The van der Waals surface area contributed by atoms with Gasteiger partial charge < -0.3 is 15.1 Å². The number of carbonyl (C=O) groups excluding carboxylic acids is 1. The van der Waals surface area contributed by atoms with Crippen molar-refractivity contribution in [1.29, 1.82) is 0 Å². The topological polar surface area (TPSA) is 35.6 Å². The number of piperazine rings is 1. The third-order valence-corrected chi connectivity index (χ3v) is 2.89. The Labute approximate surface area is 99.1 Å². The zero-order valence-electron chi connectivity index (χ0n) is 8.63. The molecule has 1 rings (SSSR count). The van der Waals surface area contributed by atoms with Crippen LogP contribution >= 0.6 is 22.6 Å². The number of nitrogens with zero attached hydrogens (tertiary/aromatic N) is 2. The molecule has 1 saturated heterocycles. The first-order chi connectivity index (χ1) is 6.68. The lowest BCUT2D eigenvalue weighted by Crippen LogP contribution is -2.45. The summed E-state index contributed by atoms with van der Waals surface area (Å²) in [6, 6.07) is 0. The van der Waals surface area contributed by atoms with Crippen LogP contribution in [0.4, 0.5) is 4.79 Å². The van der Waals surface area contributed by atoms with Crippen molar-refractivity contribution in [3.05, 3.63) is 0 Å². The molecule has 4 nitrogen and oxygen atoms in total. The van der Waals surface area contributed by atoms with Gasteiger partial charge in [-0.3, -0.25) is 4.79 Å². The van der Waals surface area contributed by atoms with Gasteiger partial charge in [-0.2, -0.15) is 0 Å². The number of hydrogen-bond acceptors (Lipinski definition) is 3. The number of likely N-dealkylation sites (N-methyl/N-ethyl adjacent to an activating group) is 1. The summed E-state index contributed by atoms with van der Waals surface area (Å²) in [5.74, 6) is 0. The molecule has 0 aromatic carbocycles. The highest BCUT2D eigenvalue weighted by molar-refractivity contribution is 14.1. The van der Waals surface area contributed by atoms with Crippen molar-refractivity contribution in [3.63, 3.8) is 0 Å². The van der Waals surface area contributed by atoms with Crippen LogP contribution in [-0.2, 0) is 0 Å². The molecule has 1 amide bonds. The summed E-state index contributed by atoms with van der Waals surface area (Å²) in [5, 5.41) is 2.80. The highest BCUT2D eigenvalue weighted by Crippen LogP contribution is 1.99. The quantitative estimate of drug-likeness (QED) is 0.360. The van der Waals surface area contributed by atoms with Crippen LogP contribution in [0.15, 0.2) is 0 Å². The highest BCUT2D eigenvalue weighted by Gasteiger charge is 2.12. The second kappa shape index (κ2) is 6.58. The van der Waals surface area contributed by atoms with Crippen LogP contribution < -0.4 is 5.32 Å². The van der Waals surface area contributed by atoms with E-state index in [0.29, 0.717) is 0 Å². The predicted molar refractivity (Wildman–Crippen MR) is 66.0 cm³/mol. The molecule has 0 spiro atoms. The van der Waals surface area contributed by atoms with Gasteiger partial charge in [0.2, 0.25) is 0 Å². The Bertz CT molecular complexity index is 181. The van der Waals surface area contributed by atoms with E-state index >= 15 is 0 Å². The van der Waals surface area contributed by atoms with Crippen LogP contribution in [0.25, 0.3) is 0 Å². The number of hydrogen-bond donors (Lipinski definition) is 1. The van der Waals surface area contributed by atoms with E-state index in [4.69, 9.17) is 0 Å². The Balaban J connectivity index is 1.99. The third kappa shape index (κ3) is 5.11. The minimum atomic E-state index is 0.0426. The van der Waals surface area contributed by atoms with Gasteiger partial charge in [-0.25, -0.2) is 0 Å². The smallest absolute Gasteiger partial charge is 0.280 e. The van der Waals surface area contributed by atoms with Crippen LogP contribution in [0.2, 0.25) is 0 Å². The molecule has 1 fully saturated rings. The van der Waals surface area contributed by atoms with Gasteiger partial charge in [0.1, 0.15) is 0 Å². The zero-order valence-corrected chi connectivity index (χ0v) is 10.8. The maximum Gasteiger partial charge on any atom is 0.280 e. The lowest BCUT2D eigenvalue weighted by atomic mass is 10.3. The SMILES string of the molecule is CN1CCN(CCCNC(=O)I)CC1. The first-order valence-corrected chi connectivity index (χ1v) is 6.10. The minimum Gasteiger partial charge on any atom is -0.347 e. The molecular formula is C9H18IN3O. The van der Waals surface area contributed by atoms with Crippen LogP contribution in [-0.4, -0.2) is 60.0 Å². The predicted octanol–water partition coefficient (Wildman–Crippen LogP) is 0.768. The Morgan fingerprint density at radius 2 is 2.00 bits per heavy atom. The maximum absolute atomic E-state index is 10.6. The van der Waals surface area contributed by atoms with Gasteiger partial charge in [0.25, 0.3) is 3.91 Å². The minimum absolute atomic E-state index is 0.0426. The first kappa shape index (κ1) is 12.2. The summed E-state index contributed by atoms with van der Waals surface area (Å²) >= 11 is 1.77. The molecule has 0 atom stereocenters. The summed E-state index contributed by atoms with van der Waals surface area (Å²) in [4.78, 5) is 15.4. The number of amides is 1. The van der Waals surface area contributed by atoms with Crippen molar-refractivity contribution in [3.8, 4) is 0 Å². The summed E-state index contributed by atoms with van der Waals surface area (Å²) in [6.07, 6.45) is 1.05. The molecule has 0 bridgehead atoms. The molecule has 0 unspecified atom stereocenters. The fourth-order valence-corrected chi connectivity index (χ4v) is 1.83. The molecule has 0 radical (unpaired) electrons. The first-order valence-electron chi connectivity index (χ1n) is 5.03. The van der Waals surface area contributed by atoms with Crippen molar-refractivity contribution >= 4 is 26.5 Å². The summed E-state index contributed by atoms with van der Waals surface area (Å²) in [7, 11) is 2.16. The Hall–Kier alpha value is 0.120. The molecular weight excluding hydrogens is 293 g/mol. The van der Waals surface area contributed by atoms with E-state index < -0.39 is 0 Å². The molecule has 1 N–H and O–H groups in total. The van der Waals surface area contributed by atoms with E-state index in [1.807, 2.05) is 0 Å². The lowest BCUT2D eigenvalue weighted by molar-refractivity contribution is 0.153. The molecule has 5 heteroatoms. The molecule has 1 heterocycles. The number of carbonyl (C=O) groups is 1. The maximum atomic E-state index is 10.6. The van der Waals surface area contributed by atoms with E-state index in [9.17, 15) is 4.79 Å². The molecule has 0 saturated carbocycles. The highest BCUT2D eigenvalue weighted by atomic mass is 127. The van der Waals surface area contributed by atoms with Gasteiger partial charge >= 0.3 is 0 Å².